The average molecular weight is 306 g/mol. The van der Waals surface area contributed by atoms with Crippen LogP contribution < -0.4 is 0 Å². The summed E-state index contributed by atoms with van der Waals surface area (Å²) in [5, 5.41) is 18.7. The zero-order chi connectivity index (χ0) is 15.0. The first-order chi connectivity index (χ1) is 10.8. The lowest BCUT2D eigenvalue weighted by Gasteiger charge is -2.43. The van der Waals surface area contributed by atoms with Gasteiger partial charge in [0.1, 0.15) is 11.6 Å². The van der Waals surface area contributed by atoms with Crippen LogP contribution in [0, 0.1) is 5.41 Å². The molecule has 0 amide bonds. The topological polar surface area (TPSA) is 63.4 Å². The van der Waals surface area contributed by atoms with Crippen LogP contribution in [0.25, 0.3) is 0 Å². The highest BCUT2D eigenvalue weighted by atomic mass is 16.5. The third-order valence-electron chi connectivity index (χ3n) is 5.49. The molecule has 0 saturated carbocycles. The van der Waals surface area contributed by atoms with E-state index in [1.165, 1.54) is 31.5 Å². The fourth-order valence-electron chi connectivity index (χ4n) is 4.12. The summed E-state index contributed by atoms with van der Waals surface area (Å²) in [5.74, 6) is 2.32. The van der Waals surface area contributed by atoms with Crippen LogP contribution in [0.1, 0.15) is 49.8 Å². The number of aliphatic hydroxyl groups is 1. The maximum atomic E-state index is 9.70. The molecule has 4 rings (SSSR count). The molecule has 1 aromatic rings. The number of aromatic nitrogens is 3. The normalized spacial score (nSPS) is 28.1. The van der Waals surface area contributed by atoms with E-state index in [1.807, 2.05) is 0 Å². The minimum atomic E-state index is -0.0514. The van der Waals surface area contributed by atoms with Crippen LogP contribution in [0.2, 0.25) is 0 Å². The number of fused-ring (bicyclic) bond motifs is 1. The summed E-state index contributed by atoms with van der Waals surface area (Å²) in [7, 11) is 0. The predicted octanol–water partition coefficient (Wildman–Crippen LogP) is 1.15. The minimum Gasteiger partial charge on any atom is -0.396 e. The summed E-state index contributed by atoms with van der Waals surface area (Å²) in [6, 6.07) is 0.364. The molecule has 0 radical (unpaired) electrons. The Kier molecular flexibility index (Phi) is 3.92. The Hall–Kier alpha value is -0.980. The number of ether oxygens (including phenoxy) is 1. The molecule has 6 nitrogen and oxygen atoms in total. The summed E-state index contributed by atoms with van der Waals surface area (Å²) >= 11 is 0. The van der Waals surface area contributed by atoms with E-state index in [1.54, 1.807) is 0 Å². The van der Waals surface area contributed by atoms with Gasteiger partial charge >= 0.3 is 0 Å². The molecule has 0 aromatic carbocycles. The predicted molar refractivity (Wildman–Crippen MR) is 81.5 cm³/mol. The first-order valence-corrected chi connectivity index (χ1v) is 8.66. The summed E-state index contributed by atoms with van der Waals surface area (Å²) in [5.41, 5.74) is -0.0514. The fourth-order valence-corrected chi connectivity index (χ4v) is 4.12. The van der Waals surface area contributed by atoms with Gasteiger partial charge in [-0.1, -0.05) is 6.42 Å². The number of aliphatic hydroxyl groups excluding tert-OH is 1. The van der Waals surface area contributed by atoms with E-state index < -0.39 is 0 Å². The quantitative estimate of drug-likeness (QED) is 0.904. The standard InChI is InChI=1S/C16H26N4O2/c21-10-16(11-22-12-16)9-19-7-4-5-13(19)15-18-17-14-6-2-1-3-8-20(14)15/h13,21H,1-12H2. The van der Waals surface area contributed by atoms with Crippen molar-refractivity contribution in [3.05, 3.63) is 11.6 Å². The van der Waals surface area contributed by atoms with Gasteiger partial charge in [0, 0.05) is 19.5 Å². The van der Waals surface area contributed by atoms with Crippen molar-refractivity contribution in [1.29, 1.82) is 0 Å². The van der Waals surface area contributed by atoms with Crippen LogP contribution in [0.5, 0.6) is 0 Å². The SMILES string of the molecule is OCC1(CN2CCCC2c2nnc3n2CCCCC3)COC1. The van der Waals surface area contributed by atoms with Crippen LogP contribution in [-0.4, -0.2) is 57.7 Å². The average Bonchev–Trinajstić information content (AvgIpc) is 3.03. The highest BCUT2D eigenvalue weighted by Gasteiger charge is 2.43. The Labute approximate surface area is 131 Å². The van der Waals surface area contributed by atoms with Gasteiger partial charge in [-0.3, -0.25) is 4.90 Å². The van der Waals surface area contributed by atoms with Crippen molar-refractivity contribution >= 4 is 0 Å². The Morgan fingerprint density at radius 1 is 1.14 bits per heavy atom. The summed E-state index contributed by atoms with van der Waals surface area (Å²) in [6.45, 7) is 4.66. The van der Waals surface area contributed by atoms with Crippen molar-refractivity contribution < 1.29 is 9.84 Å². The highest BCUT2D eigenvalue weighted by Crippen LogP contribution is 2.37. The van der Waals surface area contributed by atoms with Crippen molar-refractivity contribution in [3.8, 4) is 0 Å². The molecule has 1 N–H and O–H groups in total. The number of hydrogen-bond acceptors (Lipinski definition) is 5. The molecule has 0 spiro atoms. The van der Waals surface area contributed by atoms with Crippen molar-refractivity contribution in [1.82, 2.24) is 19.7 Å². The van der Waals surface area contributed by atoms with Crippen LogP contribution in [0.15, 0.2) is 0 Å². The van der Waals surface area contributed by atoms with Crippen LogP contribution >= 0.6 is 0 Å². The number of nitrogens with zero attached hydrogens (tertiary/aromatic N) is 4. The fraction of sp³-hybridized carbons (Fsp3) is 0.875. The molecule has 2 saturated heterocycles. The van der Waals surface area contributed by atoms with E-state index in [-0.39, 0.29) is 12.0 Å². The molecule has 1 unspecified atom stereocenters. The maximum Gasteiger partial charge on any atom is 0.150 e. The van der Waals surface area contributed by atoms with Gasteiger partial charge in [0.25, 0.3) is 0 Å². The molecule has 0 aliphatic carbocycles. The summed E-state index contributed by atoms with van der Waals surface area (Å²) in [6.07, 6.45) is 7.18. The molecule has 1 atom stereocenters. The molecule has 122 valence electrons. The van der Waals surface area contributed by atoms with E-state index in [9.17, 15) is 5.11 Å². The van der Waals surface area contributed by atoms with Crippen LogP contribution in [-0.2, 0) is 17.7 Å². The van der Waals surface area contributed by atoms with Crippen molar-refractivity contribution in [3.63, 3.8) is 0 Å². The van der Waals surface area contributed by atoms with Crippen LogP contribution in [0.3, 0.4) is 0 Å². The first kappa shape index (κ1) is 14.6. The third-order valence-corrected chi connectivity index (χ3v) is 5.49. The molecule has 6 heteroatoms. The maximum absolute atomic E-state index is 9.70. The van der Waals surface area contributed by atoms with Gasteiger partial charge in [0.05, 0.1) is 31.3 Å². The highest BCUT2D eigenvalue weighted by molar-refractivity contribution is 5.06. The van der Waals surface area contributed by atoms with Gasteiger partial charge in [-0.25, -0.2) is 0 Å². The van der Waals surface area contributed by atoms with E-state index in [0.717, 1.165) is 38.3 Å². The molecule has 3 aliphatic heterocycles. The minimum absolute atomic E-state index is 0.0514. The largest absolute Gasteiger partial charge is 0.396 e. The zero-order valence-corrected chi connectivity index (χ0v) is 13.2. The van der Waals surface area contributed by atoms with Crippen molar-refractivity contribution in [2.24, 2.45) is 5.41 Å². The van der Waals surface area contributed by atoms with Gasteiger partial charge in [-0.05, 0) is 32.2 Å². The van der Waals surface area contributed by atoms with Gasteiger partial charge in [-0.15, -0.1) is 10.2 Å². The Balaban J connectivity index is 1.55. The zero-order valence-electron chi connectivity index (χ0n) is 13.2. The lowest BCUT2D eigenvalue weighted by Crippen LogP contribution is -2.53. The smallest absolute Gasteiger partial charge is 0.150 e. The van der Waals surface area contributed by atoms with Crippen molar-refractivity contribution in [2.75, 3.05) is 32.9 Å². The van der Waals surface area contributed by atoms with Gasteiger partial charge in [0.2, 0.25) is 0 Å². The monoisotopic (exact) mass is 306 g/mol. The Morgan fingerprint density at radius 3 is 2.82 bits per heavy atom. The Morgan fingerprint density at radius 2 is 2.05 bits per heavy atom. The molecule has 22 heavy (non-hydrogen) atoms. The molecular formula is C16H26N4O2. The number of aryl methyl sites for hydroxylation is 1. The second kappa shape index (κ2) is 5.91. The second-order valence-electron chi connectivity index (χ2n) is 7.22. The summed E-state index contributed by atoms with van der Waals surface area (Å²) in [4.78, 5) is 2.50. The molecule has 1 aromatic heterocycles. The number of rotatable bonds is 4. The molecule has 3 aliphatic rings. The van der Waals surface area contributed by atoms with E-state index in [2.05, 4.69) is 19.7 Å². The van der Waals surface area contributed by atoms with Gasteiger partial charge in [-0.2, -0.15) is 0 Å². The number of hydrogen-bond donors (Lipinski definition) is 1. The van der Waals surface area contributed by atoms with E-state index >= 15 is 0 Å². The van der Waals surface area contributed by atoms with Crippen LogP contribution in [0.4, 0.5) is 0 Å². The molecule has 4 heterocycles. The second-order valence-corrected chi connectivity index (χ2v) is 7.22. The van der Waals surface area contributed by atoms with Gasteiger partial charge < -0.3 is 14.4 Å². The first-order valence-electron chi connectivity index (χ1n) is 8.66. The molecular weight excluding hydrogens is 280 g/mol. The molecule has 2 fully saturated rings. The Bertz CT molecular complexity index is 521. The lowest BCUT2D eigenvalue weighted by atomic mass is 9.86. The van der Waals surface area contributed by atoms with E-state index in [4.69, 9.17) is 4.74 Å². The summed E-state index contributed by atoms with van der Waals surface area (Å²) < 4.78 is 7.73. The van der Waals surface area contributed by atoms with Crippen molar-refractivity contribution in [2.45, 2.75) is 51.1 Å². The molecule has 0 bridgehead atoms. The number of likely N-dealkylation sites (tertiary alicyclic amines) is 1. The third kappa shape index (κ3) is 2.47. The lowest BCUT2D eigenvalue weighted by molar-refractivity contribution is -0.149. The van der Waals surface area contributed by atoms with Gasteiger partial charge in [0.15, 0.2) is 0 Å². The van der Waals surface area contributed by atoms with E-state index in [0.29, 0.717) is 19.3 Å².